The third-order valence-corrected chi connectivity index (χ3v) is 3.63. The standard InChI is InChI=1S/C13H19FN2/c1-13(14,11-7-8-16(2)9-11)10-3-5-12(15)6-4-10/h3-6,11H,7-9,15H2,1-2H3. The minimum absolute atomic E-state index is 0.0844. The SMILES string of the molecule is CN1CCC(C(C)(F)c2ccc(N)cc2)C1. The molecule has 1 aliphatic heterocycles. The predicted molar refractivity (Wildman–Crippen MR) is 64.9 cm³/mol. The second-order valence-electron chi connectivity index (χ2n) is 4.95. The molecule has 2 atom stereocenters. The van der Waals surface area contributed by atoms with Crippen LogP contribution in [0.1, 0.15) is 18.9 Å². The van der Waals surface area contributed by atoms with Crippen molar-refractivity contribution in [2.24, 2.45) is 5.92 Å². The van der Waals surface area contributed by atoms with E-state index in [1.54, 1.807) is 31.2 Å². The van der Waals surface area contributed by atoms with Crippen LogP contribution in [0.4, 0.5) is 10.1 Å². The molecular formula is C13H19FN2. The van der Waals surface area contributed by atoms with Gasteiger partial charge < -0.3 is 10.6 Å². The van der Waals surface area contributed by atoms with E-state index < -0.39 is 5.67 Å². The monoisotopic (exact) mass is 222 g/mol. The van der Waals surface area contributed by atoms with Crippen molar-refractivity contribution in [2.45, 2.75) is 19.0 Å². The van der Waals surface area contributed by atoms with Gasteiger partial charge in [0.1, 0.15) is 5.67 Å². The van der Waals surface area contributed by atoms with Crippen LogP contribution in [0.25, 0.3) is 0 Å². The predicted octanol–water partition coefficient (Wildman–Crippen LogP) is 2.41. The molecule has 1 saturated heterocycles. The van der Waals surface area contributed by atoms with Crippen molar-refractivity contribution in [1.82, 2.24) is 4.90 Å². The number of nitrogens with zero attached hydrogens (tertiary/aromatic N) is 1. The molecule has 2 N–H and O–H groups in total. The molecule has 0 saturated carbocycles. The van der Waals surface area contributed by atoms with E-state index in [4.69, 9.17) is 5.73 Å². The smallest absolute Gasteiger partial charge is 0.137 e. The molecule has 88 valence electrons. The first kappa shape index (κ1) is 11.4. The van der Waals surface area contributed by atoms with Crippen LogP contribution in [0.15, 0.2) is 24.3 Å². The van der Waals surface area contributed by atoms with E-state index in [9.17, 15) is 4.39 Å². The van der Waals surface area contributed by atoms with Gasteiger partial charge in [-0.15, -0.1) is 0 Å². The van der Waals surface area contributed by atoms with Gasteiger partial charge in [-0.2, -0.15) is 0 Å². The summed E-state index contributed by atoms with van der Waals surface area (Å²) in [6, 6.07) is 7.14. The van der Waals surface area contributed by atoms with Gasteiger partial charge in [0, 0.05) is 18.2 Å². The van der Waals surface area contributed by atoms with Gasteiger partial charge in [-0.05, 0) is 44.6 Å². The van der Waals surface area contributed by atoms with Crippen LogP contribution >= 0.6 is 0 Å². The summed E-state index contributed by atoms with van der Waals surface area (Å²) in [6.45, 7) is 3.50. The van der Waals surface area contributed by atoms with E-state index in [1.807, 2.05) is 7.05 Å². The third kappa shape index (κ3) is 2.05. The first-order valence-corrected chi connectivity index (χ1v) is 5.73. The van der Waals surface area contributed by atoms with Crippen LogP contribution in [-0.2, 0) is 5.67 Å². The fraction of sp³-hybridized carbons (Fsp3) is 0.538. The van der Waals surface area contributed by atoms with E-state index in [0.29, 0.717) is 5.69 Å². The molecule has 1 fully saturated rings. The zero-order valence-electron chi connectivity index (χ0n) is 9.91. The summed E-state index contributed by atoms with van der Waals surface area (Å²) in [5.41, 5.74) is 5.78. The number of nitrogens with two attached hydrogens (primary N) is 1. The Hall–Kier alpha value is -1.09. The molecule has 2 unspecified atom stereocenters. The van der Waals surface area contributed by atoms with E-state index >= 15 is 0 Å². The molecule has 1 heterocycles. The largest absolute Gasteiger partial charge is 0.399 e. The Balaban J connectivity index is 2.21. The number of halogens is 1. The third-order valence-electron chi connectivity index (χ3n) is 3.63. The lowest BCUT2D eigenvalue weighted by atomic mass is 9.84. The van der Waals surface area contributed by atoms with Crippen molar-refractivity contribution in [1.29, 1.82) is 0 Å². The lowest BCUT2D eigenvalue weighted by molar-refractivity contribution is 0.106. The highest BCUT2D eigenvalue weighted by Crippen LogP contribution is 2.38. The number of anilines is 1. The number of hydrogen-bond acceptors (Lipinski definition) is 2. The average molecular weight is 222 g/mol. The molecule has 3 heteroatoms. The quantitative estimate of drug-likeness (QED) is 0.779. The highest BCUT2D eigenvalue weighted by Gasteiger charge is 2.39. The number of nitrogen functional groups attached to an aromatic ring is 1. The van der Waals surface area contributed by atoms with E-state index in [2.05, 4.69) is 4.90 Å². The lowest BCUT2D eigenvalue weighted by Gasteiger charge is -2.27. The molecule has 1 aromatic rings. The van der Waals surface area contributed by atoms with Gasteiger partial charge in [0.25, 0.3) is 0 Å². The van der Waals surface area contributed by atoms with Gasteiger partial charge in [0.05, 0.1) is 0 Å². The normalized spacial score (nSPS) is 25.6. The second-order valence-corrected chi connectivity index (χ2v) is 4.95. The summed E-state index contributed by atoms with van der Waals surface area (Å²) in [4.78, 5) is 2.18. The van der Waals surface area contributed by atoms with Gasteiger partial charge in [0.15, 0.2) is 0 Å². The summed E-state index contributed by atoms with van der Waals surface area (Å²) in [5, 5.41) is 0. The molecule has 0 aliphatic carbocycles. The molecular weight excluding hydrogens is 203 g/mol. The number of likely N-dealkylation sites (tertiary alicyclic amines) is 1. The average Bonchev–Trinajstić information content (AvgIpc) is 2.66. The maximum Gasteiger partial charge on any atom is 0.137 e. The molecule has 16 heavy (non-hydrogen) atoms. The Morgan fingerprint density at radius 1 is 1.38 bits per heavy atom. The maximum atomic E-state index is 14.8. The van der Waals surface area contributed by atoms with Crippen LogP contribution in [0.5, 0.6) is 0 Å². The second kappa shape index (κ2) is 4.06. The molecule has 1 aliphatic rings. The fourth-order valence-corrected chi connectivity index (χ4v) is 2.42. The fourth-order valence-electron chi connectivity index (χ4n) is 2.42. The zero-order chi connectivity index (χ0) is 11.8. The summed E-state index contributed by atoms with van der Waals surface area (Å²) in [7, 11) is 2.04. The summed E-state index contributed by atoms with van der Waals surface area (Å²) in [6.07, 6.45) is 0.924. The van der Waals surface area contributed by atoms with E-state index in [-0.39, 0.29) is 5.92 Å². The number of benzene rings is 1. The van der Waals surface area contributed by atoms with Gasteiger partial charge in [-0.3, -0.25) is 0 Å². The zero-order valence-corrected chi connectivity index (χ0v) is 9.91. The number of hydrogen-bond donors (Lipinski definition) is 1. The van der Waals surface area contributed by atoms with Crippen LogP contribution in [-0.4, -0.2) is 25.0 Å². The Morgan fingerprint density at radius 2 is 2.00 bits per heavy atom. The first-order valence-electron chi connectivity index (χ1n) is 5.73. The van der Waals surface area contributed by atoms with Gasteiger partial charge in [0.2, 0.25) is 0 Å². The highest BCUT2D eigenvalue weighted by atomic mass is 19.1. The van der Waals surface area contributed by atoms with Crippen LogP contribution in [0.3, 0.4) is 0 Å². The lowest BCUT2D eigenvalue weighted by Crippen LogP contribution is -2.29. The Bertz CT molecular complexity index is 359. The number of alkyl halides is 1. The van der Waals surface area contributed by atoms with E-state index in [1.165, 1.54) is 0 Å². The van der Waals surface area contributed by atoms with Crippen LogP contribution in [0, 0.1) is 5.92 Å². The molecule has 2 rings (SSSR count). The Labute approximate surface area is 96.2 Å². The minimum atomic E-state index is -1.25. The van der Waals surface area contributed by atoms with Crippen molar-refractivity contribution in [2.75, 3.05) is 25.9 Å². The van der Waals surface area contributed by atoms with Gasteiger partial charge >= 0.3 is 0 Å². The molecule has 1 aromatic carbocycles. The molecule has 0 amide bonds. The summed E-state index contributed by atoms with van der Waals surface area (Å²) < 4.78 is 14.8. The molecule has 0 aromatic heterocycles. The van der Waals surface area contributed by atoms with Crippen molar-refractivity contribution in [3.63, 3.8) is 0 Å². The molecule has 0 spiro atoms. The molecule has 0 radical (unpaired) electrons. The van der Waals surface area contributed by atoms with Crippen molar-refractivity contribution < 1.29 is 4.39 Å². The molecule has 0 bridgehead atoms. The highest BCUT2D eigenvalue weighted by molar-refractivity contribution is 5.41. The summed E-state index contributed by atoms with van der Waals surface area (Å²) in [5.74, 6) is 0.0844. The van der Waals surface area contributed by atoms with Crippen molar-refractivity contribution in [3.05, 3.63) is 29.8 Å². The Morgan fingerprint density at radius 3 is 2.50 bits per heavy atom. The Kier molecular flexibility index (Phi) is 2.89. The van der Waals surface area contributed by atoms with Crippen LogP contribution in [0.2, 0.25) is 0 Å². The number of rotatable bonds is 2. The van der Waals surface area contributed by atoms with Crippen molar-refractivity contribution in [3.8, 4) is 0 Å². The maximum absolute atomic E-state index is 14.8. The van der Waals surface area contributed by atoms with Crippen molar-refractivity contribution >= 4 is 5.69 Å². The van der Waals surface area contributed by atoms with E-state index in [0.717, 1.165) is 25.1 Å². The summed E-state index contributed by atoms with van der Waals surface area (Å²) >= 11 is 0. The minimum Gasteiger partial charge on any atom is -0.399 e. The van der Waals surface area contributed by atoms with Gasteiger partial charge in [-0.1, -0.05) is 12.1 Å². The first-order chi connectivity index (χ1) is 7.50. The topological polar surface area (TPSA) is 29.3 Å². The van der Waals surface area contributed by atoms with Crippen LogP contribution < -0.4 is 5.73 Å². The van der Waals surface area contributed by atoms with Gasteiger partial charge in [-0.25, -0.2) is 4.39 Å². The molecule has 2 nitrogen and oxygen atoms in total.